The number of carbonyl (C=O) groups is 1. The zero-order valence-corrected chi connectivity index (χ0v) is 13.9. The predicted octanol–water partition coefficient (Wildman–Crippen LogP) is 3.13. The Bertz CT molecular complexity index is 1040. The second-order valence-corrected chi connectivity index (χ2v) is 5.98. The molecule has 0 fully saturated rings. The van der Waals surface area contributed by atoms with Crippen LogP contribution in [-0.2, 0) is 0 Å². The Labute approximate surface area is 144 Å². The van der Waals surface area contributed by atoms with Gasteiger partial charge in [-0.05, 0) is 18.2 Å². The van der Waals surface area contributed by atoms with E-state index in [1.165, 1.54) is 6.20 Å². The number of nitrogens with one attached hydrogen (secondary N) is 2. The van der Waals surface area contributed by atoms with Gasteiger partial charge in [0.2, 0.25) is 0 Å². The summed E-state index contributed by atoms with van der Waals surface area (Å²) in [4.78, 5) is 16.8. The summed E-state index contributed by atoms with van der Waals surface area (Å²) < 4.78 is 2.50. The normalized spacial score (nSPS) is 10.9. The molecule has 0 saturated carbocycles. The van der Waals surface area contributed by atoms with Crippen LogP contribution in [-0.4, -0.2) is 30.7 Å². The molecule has 0 atom stereocenters. The van der Waals surface area contributed by atoms with Crippen molar-refractivity contribution in [2.75, 3.05) is 5.32 Å². The maximum atomic E-state index is 12.6. The Kier molecular flexibility index (Phi) is 3.58. The molecule has 7 nitrogen and oxygen atoms in total. The molecule has 24 heavy (non-hydrogen) atoms. The molecule has 3 heterocycles. The van der Waals surface area contributed by atoms with Crippen molar-refractivity contribution < 1.29 is 4.79 Å². The summed E-state index contributed by atoms with van der Waals surface area (Å²) in [5.74, 6) is -0.290. The molecule has 1 amide bonds. The zero-order chi connectivity index (χ0) is 16.5. The lowest BCUT2D eigenvalue weighted by molar-refractivity contribution is 0.102. The average molecular weight is 383 g/mol. The second-order valence-electron chi connectivity index (χ2n) is 5.07. The van der Waals surface area contributed by atoms with Crippen LogP contribution in [0.15, 0.2) is 59.6 Å². The zero-order valence-electron chi connectivity index (χ0n) is 12.3. The summed E-state index contributed by atoms with van der Waals surface area (Å²) in [7, 11) is 0. The van der Waals surface area contributed by atoms with E-state index in [4.69, 9.17) is 0 Å². The molecular formula is C16H11BrN6O. The average Bonchev–Trinajstić information content (AvgIpc) is 3.21. The van der Waals surface area contributed by atoms with Crippen LogP contribution in [0.25, 0.3) is 16.9 Å². The number of anilines is 1. The van der Waals surface area contributed by atoms with Crippen molar-refractivity contribution in [3.8, 4) is 11.3 Å². The molecule has 0 aliphatic rings. The Balaban J connectivity index is 1.67. The fraction of sp³-hybridized carbons (Fsp3) is 0. The van der Waals surface area contributed by atoms with Gasteiger partial charge >= 0.3 is 0 Å². The molecule has 118 valence electrons. The minimum absolute atomic E-state index is 0.290. The SMILES string of the molecule is O=C(Nc1cn[nH]c1-c1cccc(Br)c1)c1cnn2cccnc12. The Morgan fingerprint density at radius 3 is 3.04 bits per heavy atom. The molecule has 0 bridgehead atoms. The molecule has 2 N–H and O–H groups in total. The molecule has 1 aromatic carbocycles. The van der Waals surface area contributed by atoms with Crippen molar-refractivity contribution in [2.24, 2.45) is 0 Å². The largest absolute Gasteiger partial charge is 0.319 e. The maximum Gasteiger partial charge on any atom is 0.261 e. The van der Waals surface area contributed by atoms with Crippen LogP contribution in [0.5, 0.6) is 0 Å². The summed E-state index contributed by atoms with van der Waals surface area (Å²) in [5, 5.41) is 13.9. The van der Waals surface area contributed by atoms with Gasteiger partial charge in [0, 0.05) is 22.4 Å². The molecule has 0 unspecified atom stereocenters. The molecule has 3 aromatic heterocycles. The number of rotatable bonds is 3. The highest BCUT2D eigenvalue weighted by atomic mass is 79.9. The Morgan fingerprint density at radius 2 is 2.17 bits per heavy atom. The van der Waals surface area contributed by atoms with E-state index in [-0.39, 0.29) is 5.91 Å². The number of halogens is 1. The van der Waals surface area contributed by atoms with E-state index in [9.17, 15) is 4.79 Å². The van der Waals surface area contributed by atoms with Gasteiger partial charge in [0.05, 0.1) is 23.8 Å². The highest BCUT2D eigenvalue weighted by molar-refractivity contribution is 9.10. The fourth-order valence-corrected chi connectivity index (χ4v) is 2.82. The highest BCUT2D eigenvalue weighted by Gasteiger charge is 2.16. The molecule has 4 aromatic rings. The van der Waals surface area contributed by atoms with Gasteiger partial charge in [-0.2, -0.15) is 10.2 Å². The van der Waals surface area contributed by atoms with E-state index in [0.29, 0.717) is 16.9 Å². The number of hydrogen-bond acceptors (Lipinski definition) is 4. The third-order valence-electron chi connectivity index (χ3n) is 3.52. The second kappa shape index (κ2) is 5.89. The van der Waals surface area contributed by atoms with Crippen LogP contribution in [0.2, 0.25) is 0 Å². The van der Waals surface area contributed by atoms with Crippen LogP contribution < -0.4 is 5.32 Å². The van der Waals surface area contributed by atoms with E-state index in [1.807, 2.05) is 24.3 Å². The first-order chi connectivity index (χ1) is 11.7. The number of amides is 1. The van der Waals surface area contributed by atoms with Crippen LogP contribution in [0.4, 0.5) is 5.69 Å². The third-order valence-corrected chi connectivity index (χ3v) is 4.02. The van der Waals surface area contributed by atoms with Crippen molar-refractivity contribution in [3.05, 3.63) is 65.2 Å². The third kappa shape index (κ3) is 2.56. The number of aromatic nitrogens is 5. The molecule has 0 spiro atoms. The minimum Gasteiger partial charge on any atom is -0.319 e. The predicted molar refractivity (Wildman–Crippen MR) is 92.7 cm³/mol. The molecule has 0 aliphatic carbocycles. The number of nitrogens with zero attached hydrogens (tertiary/aromatic N) is 4. The number of aromatic amines is 1. The van der Waals surface area contributed by atoms with Gasteiger partial charge in [-0.1, -0.05) is 28.1 Å². The lowest BCUT2D eigenvalue weighted by atomic mass is 10.1. The number of hydrogen-bond donors (Lipinski definition) is 2. The molecule has 4 rings (SSSR count). The van der Waals surface area contributed by atoms with Gasteiger partial charge in [0.15, 0.2) is 5.65 Å². The van der Waals surface area contributed by atoms with E-state index < -0.39 is 0 Å². The number of fused-ring (bicyclic) bond motifs is 1. The van der Waals surface area contributed by atoms with Gasteiger partial charge in [0.25, 0.3) is 5.91 Å². The van der Waals surface area contributed by atoms with Crippen LogP contribution in [0.1, 0.15) is 10.4 Å². The van der Waals surface area contributed by atoms with Crippen LogP contribution in [0, 0.1) is 0 Å². The summed E-state index contributed by atoms with van der Waals surface area (Å²) in [6, 6.07) is 9.48. The lowest BCUT2D eigenvalue weighted by Crippen LogP contribution is -2.12. The van der Waals surface area contributed by atoms with Crippen LogP contribution >= 0.6 is 15.9 Å². The summed E-state index contributed by atoms with van der Waals surface area (Å²) in [5.41, 5.74) is 3.14. The van der Waals surface area contributed by atoms with Crippen molar-refractivity contribution in [2.45, 2.75) is 0 Å². The minimum atomic E-state index is -0.290. The van der Waals surface area contributed by atoms with E-state index >= 15 is 0 Å². The topological polar surface area (TPSA) is 88.0 Å². The Morgan fingerprint density at radius 1 is 1.25 bits per heavy atom. The smallest absolute Gasteiger partial charge is 0.261 e. The van der Waals surface area contributed by atoms with Crippen molar-refractivity contribution in [3.63, 3.8) is 0 Å². The Hall–Kier alpha value is -3.00. The maximum absolute atomic E-state index is 12.6. The van der Waals surface area contributed by atoms with Crippen LogP contribution in [0.3, 0.4) is 0 Å². The number of benzene rings is 1. The first-order valence-electron chi connectivity index (χ1n) is 7.11. The van der Waals surface area contributed by atoms with Crippen molar-refractivity contribution in [1.82, 2.24) is 24.8 Å². The summed E-state index contributed by atoms with van der Waals surface area (Å²) in [6.07, 6.45) is 6.44. The van der Waals surface area contributed by atoms with Gasteiger partial charge in [0.1, 0.15) is 5.56 Å². The fourth-order valence-electron chi connectivity index (χ4n) is 2.42. The van der Waals surface area contributed by atoms with Crippen molar-refractivity contribution in [1.29, 1.82) is 0 Å². The van der Waals surface area contributed by atoms with Gasteiger partial charge in [-0.15, -0.1) is 0 Å². The van der Waals surface area contributed by atoms with Crippen molar-refractivity contribution >= 4 is 33.2 Å². The van der Waals surface area contributed by atoms with E-state index in [2.05, 4.69) is 41.5 Å². The molecule has 0 radical (unpaired) electrons. The number of H-pyrrole nitrogens is 1. The van der Waals surface area contributed by atoms with Gasteiger partial charge < -0.3 is 5.32 Å². The quantitative estimate of drug-likeness (QED) is 0.569. The van der Waals surface area contributed by atoms with E-state index in [0.717, 1.165) is 15.7 Å². The molecule has 8 heteroatoms. The molecule has 0 aliphatic heterocycles. The first-order valence-corrected chi connectivity index (χ1v) is 7.91. The summed E-state index contributed by atoms with van der Waals surface area (Å²) in [6.45, 7) is 0. The highest BCUT2D eigenvalue weighted by Crippen LogP contribution is 2.28. The standard InChI is InChI=1S/C16H11BrN6O/c17-11-4-1-3-10(7-11)14-13(9-19-22-14)21-16(24)12-8-20-23-6-2-5-18-15(12)23/h1-9H,(H,19,22)(H,21,24). The summed E-state index contributed by atoms with van der Waals surface area (Å²) >= 11 is 3.44. The van der Waals surface area contributed by atoms with E-state index in [1.54, 1.807) is 29.2 Å². The lowest BCUT2D eigenvalue weighted by Gasteiger charge is -2.05. The van der Waals surface area contributed by atoms with Gasteiger partial charge in [-0.25, -0.2) is 9.50 Å². The monoisotopic (exact) mass is 382 g/mol. The van der Waals surface area contributed by atoms with Gasteiger partial charge in [-0.3, -0.25) is 9.89 Å². The number of carbonyl (C=O) groups excluding carboxylic acids is 1. The molecule has 0 saturated heterocycles. The first kappa shape index (κ1) is 14.6. The molecular weight excluding hydrogens is 372 g/mol.